The fourth-order valence-electron chi connectivity index (χ4n) is 0.975. The van der Waals surface area contributed by atoms with E-state index in [4.69, 9.17) is 5.26 Å². The SMILES string of the molecule is CCC(C)C(C#N)N(C)C. The van der Waals surface area contributed by atoms with Crippen molar-refractivity contribution in [2.75, 3.05) is 14.1 Å². The maximum atomic E-state index is 8.71. The van der Waals surface area contributed by atoms with Crippen molar-refractivity contribution in [1.82, 2.24) is 4.90 Å². The van der Waals surface area contributed by atoms with Crippen molar-refractivity contribution >= 4 is 0 Å². The van der Waals surface area contributed by atoms with Crippen LogP contribution < -0.4 is 0 Å². The molecule has 0 aromatic carbocycles. The summed E-state index contributed by atoms with van der Waals surface area (Å²) in [4.78, 5) is 1.97. The van der Waals surface area contributed by atoms with Gasteiger partial charge >= 0.3 is 0 Å². The van der Waals surface area contributed by atoms with Gasteiger partial charge in [-0.15, -0.1) is 0 Å². The minimum Gasteiger partial charge on any atom is -0.294 e. The van der Waals surface area contributed by atoms with E-state index in [1.54, 1.807) is 0 Å². The van der Waals surface area contributed by atoms with Gasteiger partial charge in [0, 0.05) is 0 Å². The molecule has 58 valence electrons. The highest BCUT2D eigenvalue weighted by Crippen LogP contribution is 2.10. The van der Waals surface area contributed by atoms with Crippen LogP contribution in [-0.2, 0) is 0 Å². The Balaban J connectivity index is 3.96. The Kier molecular flexibility index (Phi) is 4.06. The van der Waals surface area contributed by atoms with E-state index in [2.05, 4.69) is 19.9 Å². The predicted molar refractivity (Wildman–Crippen MR) is 42.5 cm³/mol. The maximum absolute atomic E-state index is 8.71. The van der Waals surface area contributed by atoms with Gasteiger partial charge in [0.1, 0.15) is 0 Å². The van der Waals surface area contributed by atoms with Crippen LogP contribution in [0.25, 0.3) is 0 Å². The summed E-state index contributed by atoms with van der Waals surface area (Å²) < 4.78 is 0. The third-order valence-corrected chi connectivity index (χ3v) is 1.87. The molecule has 0 N–H and O–H groups in total. The Morgan fingerprint density at radius 2 is 2.00 bits per heavy atom. The monoisotopic (exact) mass is 140 g/mol. The van der Waals surface area contributed by atoms with E-state index in [9.17, 15) is 0 Å². The van der Waals surface area contributed by atoms with Crippen LogP contribution in [-0.4, -0.2) is 25.0 Å². The summed E-state index contributed by atoms with van der Waals surface area (Å²) in [7, 11) is 3.89. The average Bonchev–Trinajstić information content (AvgIpc) is 1.88. The largest absolute Gasteiger partial charge is 0.294 e. The van der Waals surface area contributed by atoms with Crippen molar-refractivity contribution in [3.63, 3.8) is 0 Å². The summed E-state index contributed by atoms with van der Waals surface area (Å²) in [5, 5.41) is 8.71. The summed E-state index contributed by atoms with van der Waals surface area (Å²) in [5.41, 5.74) is 0. The fourth-order valence-corrected chi connectivity index (χ4v) is 0.975. The lowest BCUT2D eigenvalue weighted by Gasteiger charge is -2.22. The molecule has 0 aliphatic rings. The smallest absolute Gasteiger partial charge is 0.0998 e. The number of nitriles is 1. The van der Waals surface area contributed by atoms with Crippen LogP contribution in [0.15, 0.2) is 0 Å². The van der Waals surface area contributed by atoms with Gasteiger partial charge in [0.25, 0.3) is 0 Å². The predicted octanol–water partition coefficient (Wildman–Crippen LogP) is 1.49. The molecule has 2 unspecified atom stereocenters. The summed E-state index contributed by atoms with van der Waals surface area (Å²) in [6.45, 7) is 4.21. The first-order valence-electron chi connectivity index (χ1n) is 3.69. The van der Waals surface area contributed by atoms with Crippen molar-refractivity contribution in [2.24, 2.45) is 5.92 Å². The van der Waals surface area contributed by atoms with E-state index >= 15 is 0 Å². The quantitative estimate of drug-likeness (QED) is 0.593. The highest BCUT2D eigenvalue weighted by molar-refractivity contribution is 4.92. The molecule has 0 amide bonds. The lowest BCUT2D eigenvalue weighted by Crippen LogP contribution is -2.32. The van der Waals surface area contributed by atoms with E-state index in [1.165, 1.54) is 0 Å². The van der Waals surface area contributed by atoms with Gasteiger partial charge in [-0.1, -0.05) is 20.3 Å². The van der Waals surface area contributed by atoms with Crippen molar-refractivity contribution in [3.05, 3.63) is 0 Å². The summed E-state index contributed by atoms with van der Waals surface area (Å²) in [5.74, 6) is 0.472. The highest BCUT2D eigenvalue weighted by Gasteiger charge is 2.16. The second-order valence-corrected chi connectivity index (χ2v) is 2.92. The zero-order valence-electron chi connectivity index (χ0n) is 7.26. The molecule has 0 aliphatic heterocycles. The fraction of sp³-hybridized carbons (Fsp3) is 0.875. The van der Waals surface area contributed by atoms with Gasteiger partial charge in [-0.2, -0.15) is 5.26 Å². The first-order valence-corrected chi connectivity index (χ1v) is 3.69. The molecule has 0 spiro atoms. The first-order chi connectivity index (χ1) is 4.63. The Bertz CT molecular complexity index is 124. The molecule has 2 heteroatoms. The molecule has 0 aliphatic carbocycles. The van der Waals surface area contributed by atoms with Crippen LogP contribution in [0.1, 0.15) is 20.3 Å². The zero-order chi connectivity index (χ0) is 8.15. The molecular weight excluding hydrogens is 124 g/mol. The Hall–Kier alpha value is -0.550. The van der Waals surface area contributed by atoms with E-state index < -0.39 is 0 Å². The number of hydrogen-bond acceptors (Lipinski definition) is 2. The van der Waals surface area contributed by atoms with E-state index in [1.807, 2.05) is 19.0 Å². The number of hydrogen-bond donors (Lipinski definition) is 0. The summed E-state index contributed by atoms with van der Waals surface area (Å²) >= 11 is 0. The second kappa shape index (κ2) is 4.29. The van der Waals surface area contributed by atoms with Crippen molar-refractivity contribution in [3.8, 4) is 6.07 Å². The molecular formula is C8H16N2. The zero-order valence-corrected chi connectivity index (χ0v) is 7.26. The normalized spacial score (nSPS) is 16.4. The Morgan fingerprint density at radius 1 is 1.50 bits per heavy atom. The minimum absolute atomic E-state index is 0.0741. The van der Waals surface area contributed by atoms with Gasteiger partial charge in [-0.05, 0) is 20.0 Å². The summed E-state index contributed by atoms with van der Waals surface area (Å²) in [6.07, 6.45) is 1.07. The maximum Gasteiger partial charge on any atom is 0.0998 e. The first kappa shape index (κ1) is 9.45. The van der Waals surface area contributed by atoms with Gasteiger partial charge in [0.15, 0.2) is 0 Å². The van der Waals surface area contributed by atoms with Crippen LogP contribution in [0.2, 0.25) is 0 Å². The second-order valence-electron chi connectivity index (χ2n) is 2.92. The standard InChI is InChI=1S/C8H16N2/c1-5-7(2)8(6-9)10(3)4/h7-8H,5H2,1-4H3. The molecule has 0 aromatic rings. The Labute approximate surface area is 63.4 Å². The van der Waals surface area contributed by atoms with Crippen LogP contribution in [0.5, 0.6) is 0 Å². The molecule has 0 radical (unpaired) electrons. The molecule has 0 heterocycles. The molecule has 0 rings (SSSR count). The summed E-state index contributed by atoms with van der Waals surface area (Å²) in [6, 6.07) is 2.35. The molecule has 2 nitrogen and oxygen atoms in total. The van der Waals surface area contributed by atoms with Crippen molar-refractivity contribution in [1.29, 1.82) is 5.26 Å². The van der Waals surface area contributed by atoms with Gasteiger partial charge < -0.3 is 0 Å². The lowest BCUT2D eigenvalue weighted by molar-refractivity contribution is 0.269. The van der Waals surface area contributed by atoms with E-state index in [0.717, 1.165) is 6.42 Å². The molecule has 10 heavy (non-hydrogen) atoms. The van der Waals surface area contributed by atoms with Gasteiger partial charge in [-0.3, -0.25) is 4.90 Å². The molecule has 2 atom stereocenters. The lowest BCUT2D eigenvalue weighted by atomic mass is 10.00. The van der Waals surface area contributed by atoms with Crippen molar-refractivity contribution < 1.29 is 0 Å². The van der Waals surface area contributed by atoms with Gasteiger partial charge in [0.05, 0.1) is 12.1 Å². The molecule has 0 saturated heterocycles. The number of nitrogens with zero attached hydrogens (tertiary/aromatic N) is 2. The molecule has 0 fully saturated rings. The molecule has 0 bridgehead atoms. The van der Waals surface area contributed by atoms with Crippen molar-refractivity contribution in [2.45, 2.75) is 26.3 Å². The number of rotatable bonds is 3. The third-order valence-electron chi connectivity index (χ3n) is 1.87. The highest BCUT2D eigenvalue weighted by atomic mass is 15.1. The molecule has 0 aromatic heterocycles. The van der Waals surface area contributed by atoms with Crippen LogP contribution in [0.4, 0.5) is 0 Å². The minimum atomic E-state index is 0.0741. The van der Waals surface area contributed by atoms with E-state index in [0.29, 0.717) is 5.92 Å². The Morgan fingerprint density at radius 3 is 2.10 bits per heavy atom. The average molecular weight is 140 g/mol. The van der Waals surface area contributed by atoms with Crippen LogP contribution in [0.3, 0.4) is 0 Å². The van der Waals surface area contributed by atoms with E-state index in [-0.39, 0.29) is 6.04 Å². The topological polar surface area (TPSA) is 27.0 Å². The van der Waals surface area contributed by atoms with Gasteiger partial charge in [0.2, 0.25) is 0 Å². The van der Waals surface area contributed by atoms with Crippen LogP contribution in [0, 0.1) is 17.2 Å². The third kappa shape index (κ3) is 2.36. The molecule has 0 saturated carbocycles. The van der Waals surface area contributed by atoms with Crippen LogP contribution >= 0.6 is 0 Å². The van der Waals surface area contributed by atoms with Gasteiger partial charge in [-0.25, -0.2) is 0 Å².